The van der Waals surface area contributed by atoms with Crippen LogP contribution >= 0.6 is 0 Å². The molecule has 0 saturated carbocycles. The first-order chi connectivity index (χ1) is 10.6. The van der Waals surface area contributed by atoms with E-state index < -0.39 is 50.1 Å². The van der Waals surface area contributed by atoms with Crippen molar-refractivity contribution in [1.82, 2.24) is 9.80 Å². The molecule has 0 aromatic carbocycles. The summed E-state index contributed by atoms with van der Waals surface area (Å²) >= 11 is 0. The van der Waals surface area contributed by atoms with Crippen LogP contribution in [0.2, 0.25) is 0 Å². The summed E-state index contributed by atoms with van der Waals surface area (Å²) in [7, 11) is 0. The van der Waals surface area contributed by atoms with Crippen molar-refractivity contribution in [3.63, 3.8) is 0 Å². The molecule has 0 aromatic rings. The zero-order valence-corrected chi connectivity index (χ0v) is 12.7. The highest BCUT2D eigenvalue weighted by atomic mass is 16.4. The zero-order valence-electron chi connectivity index (χ0n) is 12.7. The average Bonchev–Trinajstić information content (AvgIpc) is 2.33. The largest absolute Gasteiger partial charge is 0.480 e. The third kappa shape index (κ3) is 17.7. The van der Waals surface area contributed by atoms with E-state index in [1.165, 1.54) is 0 Å². The fourth-order valence-corrected chi connectivity index (χ4v) is 1.48. The number of carboxylic acid groups (broad SMARTS) is 4. The van der Waals surface area contributed by atoms with Gasteiger partial charge in [-0.2, -0.15) is 0 Å². The zero-order chi connectivity index (χ0) is 18.4. The summed E-state index contributed by atoms with van der Waals surface area (Å²) in [6.45, 7) is -0.320. The minimum absolute atomic E-state index is 0.0703. The van der Waals surface area contributed by atoms with E-state index in [-0.39, 0.29) is 19.7 Å². The Morgan fingerprint density at radius 2 is 0.826 bits per heavy atom. The summed E-state index contributed by atoms with van der Waals surface area (Å²) in [4.78, 5) is 44.4. The Kier molecular flexibility index (Phi) is 13.4. The highest BCUT2D eigenvalue weighted by molar-refractivity contribution is 5.73. The Balaban J connectivity index is 0. The Morgan fingerprint density at radius 3 is 0.957 bits per heavy atom. The van der Waals surface area contributed by atoms with E-state index in [1.54, 1.807) is 6.92 Å². The van der Waals surface area contributed by atoms with Crippen molar-refractivity contribution in [3.05, 3.63) is 0 Å². The number of nitrogens with zero attached hydrogens (tertiary/aromatic N) is 2. The maximum atomic E-state index is 10.6. The van der Waals surface area contributed by atoms with Gasteiger partial charge in [0.1, 0.15) is 0 Å². The van der Waals surface area contributed by atoms with Gasteiger partial charge in [0.05, 0.1) is 26.2 Å². The third-order valence-corrected chi connectivity index (χ3v) is 2.17. The first-order valence-electron chi connectivity index (χ1n) is 6.55. The lowest BCUT2D eigenvalue weighted by Gasteiger charge is -2.23. The van der Waals surface area contributed by atoms with Gasteiger partial charge in [-0.1, -0.05) is 0 Å². The summed E-state index contributed by atoms with van der Waals surface area (Å²) in [5.41, 5.74) is 0. The van der Waals surface area contributed by atoms with Crippen LogP contribution in [0.3, 0.4) is 0 Å². The van der Waals surface area contributed by atoms with Crippen molar-refractivity contribution >= 4 is 23.9 Å². The Bertz CT molecular complexity index is 332. The molecule has 0 unspecified atom stereocenters. The molecule has 0 bridgehead atoms. The van der Waals surface area contributed by atoms with Crippen LogP contribution in [-0.2, 0) is 19.2 Å². The maximum absolute atomic E-state index is 10.6. The van der Waals surface area contributed by atoms with Crippen LogP contribution in [0.25, 0.3) is 0 Å². The van der Waals surface area contributed by atoms with E-state index in [1.807, 2.05) is 0 Å². The average molecular weight is 338 g/mol. The number of aliphatic hydroxyl groups excluding tert-OH is 1. The van der Waals surface area contributed by atoms with Gasteiger partial charge in [-0.3, -0.25) is 29.0 Å². The van der Waals surface area contributed by atoms with Crippen LogP contribution < -0.4 is 0 Å². The predicted molar refractivity (Wildman–Crippen MR) is 76.2 cm³/mol. The van der Waals surface area contributed by atoms with Gasteiger partial charge in [0.2, 0.25) is 0 Å². The molecule has 0 heterocycles. The van der Waals surface area contributed by atoms with Gasteiger partial charge < -0.3 is 25.5 Å². The van der Waals surface area contributed by atoms with E-state index in [0.717, 1.165) is 9.80 Å². The van der Waals surface area contributed by atoms with E-state index in [4.69, 9.17) is 25.5 Å². The number of carboxylic acids is 4. The summed E-state index contributed by atoms with van der Waals surface area (Å²) < 4.78 is 0. The van der Waals surface area contributed by atoms with E-state index in [9.17, 15) is 19.2 Å². The molecule has 0 amide bonds. The van der Waals surface area contributed by atoms with Crippen LogP contribution in [0.15, 0.2) is 0 Å². The van der Waals surface area contributed by atoms with Crippen molar-refractivity contribution in [2.24, 2.45) is 0 Å². The van der Waals surface area contributed by atoms with Crippen molar-refractivity contribution in [3.8, 4) is 0 Å². The van der Waals surface area contributed by atoms with Crippen molar-refractivity contribution < 1.29 is 44.7 Å². The number of aliphatic carboxylic acids is 4. The van der Waals surface area contributed by atoms with Gasteiger partial charge in [-0.15, -0.1) is 0 Å². The van der Waals surface area contributed by atoms with Crippen LogP contribution in [0.5, 0.6) is 0 Å². The molecular formula is C12H22N2O9. The normalized spacial score (nSPS) is 10.1. The molecule has 0 radical (unpaired) electrons. The maximum Gasteiger partial charge on any atom is 0.317 e. The molecule has 23 heavy (non-hydrogen) atoms. The first kappa shape index (κ1) is 23.0. The lowest BCUT2D eigenvalue weighted by molar-refractivity contribution is -0.145. The fourth-order valence-electron chi connectivity index (χ4n) is 1.48. The number of hydrogen-bond donors (Lipinski definition) is 5. The van der Waals surface area contributed by atoms with E-state index in [2.05, 4.69) is 0 Å². The van der Waals surface area contributed by atoms with Crippen LogP contribution in [0.1, 0.15) is 6.92 Å². The van der Waals surface area contributed by atoms with Gasteiger partial charge in [-0.25, -0.2) is 0 Å². The Hall–Kier alpha value is -2.24. The third-order valence-electron chi connectivity index (χ3n) is 2.17. The lowest BCUT2D eigenvalue weighted by Crippen LogP contribution is -2.43. The highest BCUT2D eigenvalue weighted by Gasteiger charge is 2.17. The molecular weight excluding hydrogens is 316 g/mol. The molecule has 0 aliphatic rings. The van der Waals surface area contributed by atoms with Crippen LogP contribution in [0, 0.1) is 0 Å². The van der Waals surface area contributed by atoms with Gasteiger partial charge in [0, 0.05) is 19.7 Å². The molecule has 11 heteroatoms. The lowest BCUT2D eigenvalue weighted by atomic mass is 10.4. The highest BCUT2D eigenvalue weighted by Crippen LogP contribution is 1.94. The standard InChI is InChI=1S/C10H16N2O8.C2H6O/c13-7(14)3-11(4-8(15)16)1-2-12(5-9(17)18)6-10(19)20;1-2-3/h1-6H2,(H,13,14)(H,15,16)(H,17,18)(H,19,20);3H,2H2,1H3. The second kappa shape index (κ2) is 13.4. The number of hydrogen-bond acceptors (Lipinski definition) is 7. The van der Waals surface area contributed by atoms with Crippen molar-refractivity contribution in [1.29, 1.82) is 0 Å². The number of aliphatic hydroxyl groups is 1. The molecule has 0 spiro atoms. The van der Waals surface area contributed by atoms with Crippen LogP contribution in [-0.4, -0.2) is 105 Å². The van der Waals surface area contributed by atoms with Crippen LogP contribution in [0.4, 0.5) is 0 Å². The van der Waals surface area contributed by atoms with Gasteiger partial charge in [0.15, 0.2) is 0 Å². The molecule has 0 atom stereocenters. The van der Waals surface area contributed by atoms with E-state index in [0.29, 0.717) is 0 Å². The smallest absolute Gasteiger partial charge is 0.317 e. The minimum atomic E-state index is -1.23. The van der Waals surface area contributed by atoms with Gasteiger partial charge in [0.25, 0.3) is 0 Å². The number of carbonyl (C=O) groups is 4. The second-order valence-electron chi connectivity index (χ2n) is 4.31. The van der Waals surface area contributed by atoms with Crippen molar-refractivity contribution in [2.75, 3.05) is 45.9 Å². The summed E-state index contributed by atoms with van der Waals surface area (Å²) in [5.74, 6) is -4.91. The quantitative estimate of drug-likeness (QED) is 0.279. The Labute approximate surface area is 132 Å². The molecule has 5 N–H and O–H groups in total. The molecule has 0 rings (SSSR count). The van der Waals surface area contributed by atoms with Crippen molar-refractivity contribution in [2.45, 2.75) is 6.92 Å². The second-order valence-corrected chi connectivity index (χ2v) is 4.31. The molecule has 0 aliphatic carbocycles. The summed E-state index contributed by atoms with van der Waals surface area (Å²) in [5, 5.41) is 42.0. The molecule has 0 aromatic heterocycles. The topological polar surface area (TPSA) is 176 Å². The minimum Gasteiger partial charge on any atom is -0.480 e. The molecule has 0 aliphatic heterocycles. The first-order valence-corrected chi connectivity index (χ1v) is 6.55. The molecule has 0 fully saturated rings. The van der Waals surface area contributed by atoms with Gasteiger partial charge in [-0.05, 0) is 6.92 Å². The SMILES string of the molecule is CCO.O=C(O)CN(CCN(CC(=O)O)CC(=O)O)CC(=O)O. The summed E-state index contributed by atoms with van der Waals surface area (Å²) in [6.07, 6.45) is 0. The fraction of sp³-hybridized carbons (Fsp3) is 0.667. The Morgan fingerprint density at radius 1 is 0.652 bits per heavy atom. The molecule has 134 valence electrons. The molecule has 11 nitrogen and oxygen atoms in total. The predicted octanol–water partition coefficient (Wildman–Crippen LogP) is -2.07. The van der Waals surface area contributed by atoms with Gasteiger partial charge >= 0.3 is 23.9 Å². The monoisotopic (exact) mass is 338 g/mol. The summed E-state index contributed by atoms with van der Waals surface area (Å²) in [6, 6.07) is 0. The molecule has 0 saturated heterocycles. The van der Waals surface area contributed by atoms with E-state index >= 15 is 0 Å². The number of rotatable bonds is 11.